The van der Waals surface area contributed by atoms with Gasteiger partial charge in [0.05, 0.1) is 29.6 Å². The number of aliphatic hydroxyl groups excluding tert-OH is 1. The van der Waals surface area contributed by atoms with Crippen molar-refractivity contribution in [2.45, 2.75) is 25.6 Å². The lowest BCUT2D eigenvalue weighted by atomic mass is 9.98. The van der Waals surface area contributed by atoms with Crippen LogP contribution in [0, 0.1) is 11.7 Å². The smallest absolute Gasteiger partial charge is 0.419 e. The number of allylic oxidation sites excluding steroid dienone is 1. The number of hydrogen-bond donors (Lipinski definition) is 2. The first-order chi connectivity index (χ1) is 19.5. The number of rotatable bonds is 7. The van der Waals surface area contributed by atoms with Gasteiger partial charge in [0.1, 0.15) is 5.82 Å². The Morgan fingerprint density at radius 1 is 1.20 bits per heavy atom. The SMILES string of the molecule is COC1=CC(CNC(=O)c2ccc(CN3C=C4C(=O)N(c5ccc(F)c(C(F)(F)F)c5)N=C4CC3)cc2)CC=C1O. The molecule has 0 bridgehead atoms. The van der Waals surface area contributed by atoms with Gasteiger partial charge in [0.2, 0.25) is 0 Å². The third-order valence-electron chi connectivity index (χ3n) is 7.00. The van der Waals surface area contributed by atoms with E-state index in [1.807, 2.05) is 4.90 Å². The molecule has 3 aliphatic rings. The third-order valence-corrected chi connectivity index (χ3v) is 7.00. The summed E-state index contributed by atoms with van der Waals surface area (Å²) in [4.78, 5) is 27.5. The van der Waals surface area contributed by atoms with Gasteiger partial charge in [-0.1, -0.05) is 12.1 Å². The first-order valence-electron chi connectivity index (χ1n) is 12.8. The number of halogens is 4. The fourth-order valence-electron chi connectivity index (χ4n) is 4.80. The average molecular weight is 571 g/mol. The van der Waals surface area contributed by atoms with Crippen LogP contribution in [0.15, 0.2) is 83.0 Å². The van der Waals surface area contributed by atoms with Crippen molar-refractivity contribution in [3.8, 4) is 0 Å². The Kier molecular flexibility index (Phi) is 7.57. The largest absolute Gasteiger partial charge is 0.504 e. The molecule has 12 heteroatoms. The van der Waals surface area contributed by atoms with Crippen LogP contribution in [0.25, 0.3) is 0 Å². The van der Waals surface area contributed by atoms with Crippen molar-refractivity contribution in [2.24, 2.45) is 11.0 Å². The predicted molar refractivity (Wildman–Crippen MR) is 142 cm³/mol. The van der Waals surface area contributed by atoms with Crippen molar-refractivity contribution in [1.29, 1.82) is 0 Å². The normalized spacial score (nSPS) is 18.8. The van der Waals surface area contributed by atoms with Gasteiger partial charge in [-0.15, -0.1) is 0 Å². The molecule has 214 valence electrons. The van der Waals surface area contributed by atoms with E-state index in [0.29, 0.717) is 61.6 Å². The molecule has 0 spiro atoms. The van der Waals surface area contributed by atoms with Gasteiger partial charge in [0.15, 0.2) is 11.5 Å². The summed E-state index contributed by atoms with van der Waals surface area (Å²) in [5.74, 6) is -1.80. The Balaban J connectivity index is 1.20. The summed E-state index contributed by atoms with van der Waals surface area (Å²) in [6, 6.07) is 9.35. The highest BCUT2D eigenvalue weighted by molar-refractivity contribution is 6.30. The monoisotopic (exact) mass is 570 g/mol. The van der Waals surface area contributed by atoms with Crippen LogP contribution in [-0.2, 0) is 22.3 Å². The molecule has 41 heavy (non-hydrogen) atoms. The number of alkyl halides is 3. The maximum atomic E-state index is 13.7. The summed E-state index contributed by atoms with van der Waals surface area (Å²) >= 11 is 0. The summed E-state index contributed by atoms with van der Waals surface area (Å²) in [6.07, 6.45) is 1.12. The Hall–Kier alpha value is -4.61. The van der Waals surface area contributed by atoms with Crippen molar-refractivity contribution < 1.29 is 37.0 Å². The summed E-state index contributed by atoms with van der Waals surface area (Å²) < 4.78 is 58.3. The second kappa shape index (κ2) is 11.1. The zero-order valence-corrected chi connectivity index (χ0v) is 21.9. The minimum atomic E-state index is -4.90. The minimum Gasteiger partial charge on any atom is -0.504 e. The summed E-state index contributed by atoms with van der Waals surface area (Å²) in [5, 5.41) is 17.7. The maximum Gasteiger partial charge on any atom is 0.419 e. The number of nitrogens with one attached hydrogen (secondary N) is 1. The molecule has 1 aliphatic carbocycles. The van der Waals surface area contributed by atoms with Gasteiger partial charge in [0, 0.05) is 43.7 Å². The highest BCUT2D eigenvalue weighted by Gasteiger charge is 2.38. The molecule has 0 saturated carbocycles. The minimum absolute atomic E-state index is 0.00592. The molecule has 2 N–H and O–H groups in total. The van der Waals surface area contributed by atoms with E-state index < -0.39 is 23.5 Å². The van der Waals surface area contributed by atoms with Gasteiger partial charge in [-0.05, 0) is 54.5 Å². The standard InChI is InChI=1S/C29H26F4N4O4/c1-41-26-12-18(4-9-25(26)38)14-34-27(39)19-5-2-17(3-6-19)15-36-11-10-24-21(16-36)28(40)37(35-24)20-7-8-23(30)22(13-20)29(31,32)33/h2-3,5-9,12-13,16,18,38H,4,10-11,14-15H2,1H3,(H,34,39). The lowest BCUT2D eigenvalue weighted by molar-refractivity contribution is -0.140. The second-order valence-corrected chi connectivity index (χ2v) is 9.82. The second-order valence-electron chi connectivity index (χ2n) is 9.82. The Labute approximate surface area is 232 Å². The van der Waals surface area contributed by atoms with Crippen molar-refractivity contribution in [1.82, 2.24) is 10.2 Å². The van der Waals surface area contributed by atoms with Gasteiger partial charge in [-0.3, -0.25) is 9.59 Å². The molecule has 0 fully saturated rings. The summed E-state index contributed by atoms with van der Waals surface area (Å²) in [6.45, 7) is 1.33. The lowest BCUT2D eigenvalue weighted by Gasteiger charge is -2.25. The number of hydrazone groups is 1. The highest BCUT2D eigenvalue weighted by Crippen LogP contribution is 2.36. The molecule has 2 aliphatic heterocycles. The van der Waals surface area contributed by atoms with Crippen molar-refractivity contribution >= 4 is 23.2 Å². The van der Waals surface area contributed by atoms with Gasteiger partial charge in [-0.25, -0.2) is 4.39 Å². The van der Waals surface area contributed by atoms with E-state index in [1.165, 1.54) is 7.11 Å². The fourth-order valence-corrected chi connectivity index (χ4v) is 4.80. The third kappa shape index (κ3) is 5.96. The number of anilines is 1. The van der Waals surface area contributed by atoms with E-state index in [4.69, 9.17) is 4.74 Å². The first kappa shape index (κ1) is 27.9. The van der Waals surface area contributed by atoms with Crippen LogP contribution in [0.4, 0.5) is 23.2 Å². The Bertz CT molecular complexity index is 1500. The predicted octanol–water partition coefficient (Wildman–Crippen LogP) is 5.06. The molecular formula is C29H26F4N4O4. The van der Waals surface area contributed by atoms with Gasteiger partial charge >= 0.3 is 6.18 Å². The topological polar surface area (TPSA) is 94.5 Å². The molecule has 0 saturated heterocycles. The Morgan fingerprint density at radius 3 is 2.66 bits per heavy atom. The van der Waals surface area contributed by atoms with Gasteiger partial charge in [0.25, 0.3) is 11.8 Å². The van der Waals surface area contributed by atoms with Crippen LogP contribution < -0.4 is 10.3 Å². The number of nitrogens with zero attached hydrogens (tertiary/aromatic N) is 3. The molecule has 2 aromatic carbocycles. The average Bonchev–Trinajstić information content (AvgIpc) is 3.28. The number of ether oxygens (including phenoxy) is 1. The number of carbonyl (C=O) groups is 2. The van der Waals surface area contributed by atoms with E-state index in [0.717, 1.165) is 16.6 Å². The van der Waals surface area contributed by atoms with Crippen molar-refractivity contribution in [2.75, 3.05) is 25.2 Å². The number of hydrogen-bond acceptors (Lipinski definition) is 6. The van der Waals surface area contributed by atoms with Gasteiger partial charge in [-0.2, -0.15) is 23.3 Å². The zero-order chi connectivity index (χ0) is 29.3. The molecule has 8 nitrogen and oxygen atoms in total. The van der Waals surface area contributed by atoms with E-state index in [1.54, 1.807) is 42.6 Å². The van der Waals surface area contributed by atoms with Crippen LogP contribution in [-0.4, -0.2) is 47.7 Å². The number of fused-ring (bicyclic) bond motifs is 1. The number of benzene rings is 2. The fraction of sp³-hybridized carbons (Fsp3) is 0.276. The molecule has 0 aromatic heterocycles. The van der Waals surface area contributed by atoms with Crippen molar-refractivity contribution in [3.63, 3.8) is 0 Å². The molecule has 1 unspecified atom stereocenters. The summed E-state index contributed by atoms with van der Waals surface area (Å²) in [7, 11) is 1.47. The first-order valence-corrected chi connectivity index (χ1v) is 12.8. The van der Waals surface area contributed by atoms with E-state index in [9.17, 15) is 32.3 Å². The van der Waals surface area contributed by atoms with Crippen molar-refractivity contribution in [3.05, 3.63) is 100 Å². The lowest BCUT2D eigenvalue weighted by Crippen LogP contribution is -2.30. The number of amides is 2. The summed E-state index contributed by atoms with van der Waals surface area (Å²) in [5.41, 5.74) is 0.447. The molecule has 1 atom stereocenters. The molecule has 2 aromatic rings. The molecule has 2 heterocycles. The van der Waals surface area contributed by atoms with Crippen LogP contribution in [0.3, 0.4) is 0 Å². The highest BCUT2D eigenvalue weighted by atomic mass is 19.4. The Morgan fingerprint density at radius 2 is 1.95 bits per heavy atom. The van der Waals surface area contributed by atoms with Crippen LogP contribution in [0.5, 0.6) is 0 Å². The molecule has 2 amide bonds. The number of aliphatic hydroxyl groups is 1. The van der Waals surface area contributed by atoms with E-state index >= 15 is 0 Å². The van der Waals surface area contributed by atoms with E-state index in [2.05, 4.69) is 10.4 Å². The molecular weight excluding hydrogens is 544 g/mol. The quantitative estimate of drug-likeness (QED) is 0.454. The molecule has 0 radical (unpaired) electrons. The van der Waals surface area contributed by atoms with Gasteiger partial charge < -0.3 is 20.1 Å². The molecule has 5 rings (SSSR count). The number of carbonyl (C=O) groups excluding carboxylic acids is 2. The van der Waals surface area contributed by atoms with Crippen LogP contribution in [0.2, 0.25) is 0 Å². The van der Waals surface area contributed by atoms with E-state index in [-0.39, 0.29) is 28.8 Å². The van der Waals surface area contributed by atoms with Crippen LogP contribution >= 0.6 is 0 Å². The van der Waals surface area contributed by atoms with Crippen LogP contribution in [0.1, 0.15) is 34.3 Å². The zero-order valence-electron chi connectivity index (χ0n) is 21.9. The maximum absolute atomic E-state index is 13.7. The number of methoxy groups -OCH3 is 1.